The second kappa shape index (κ2) is 10.2. The summed E-state index contributed by atoms with van der Waals surface area (Å²) in [7, 11) is 1.49. The van der Waals surface area contributed by atoms with Crippen molar-refractivity contribution in [1.82, 2.24) is 4.90 Å². The SMILES string of the molecule is CN(CCO)C(=O)COC(=O)COc1ccc(CCC(=O)O)cc1. The van der Waals surface area contributed by atoms with E-state index in [2.05, 4.69) is 0 Å². The topological polar surface area (TPSA) is 113 Å². The van der Waals surface area contributed by atoms with Gasteiger partial charge in [-0.25, -0.2) is 4.79 Å². The molecule has 0 aliphatic heterocycles. The lowest BCUT2D eigenvalue weighted by atomic mass is 10.1. The molecule has 132 valence electrons. The molecule has 0 unspecified atom stereocenters. The first-order valence-electron chi connectivity index (χ1n) is 7.36. The van der Waals surface area contributed by atoms with Gasteiger partial charge in [0.1, 0.15) is 5.75 Å². The average molecular weight is 339 g/mol. The van der Waals surface area contributed by atoms with Gasteiger partial charge in [0, 0.05) is 20.0 Å². The maximum Gasteiger partial charge on any atom is 0.344 e. The maximum absolute atomic E-state index is 11.5. The Morgan fingerprint density at radius 2 is 1.79 bits per heavy atom. The van der Waals surface area contributed by atoms with E-state index in [9.17, 15) is 14.4 Å². The number of aryl methyl sites for hydroxylation is 1. The molecule has 1 aromatic rings. The molecule has 1 amide bonds. The number of carboxylic acids is 1. The molecule has 0 bridgehead atoms. The number of nitrogens with zero attached hydrogens (tertiary/aromatic N) is 1. The van der Waals surface area contributed by atoms with Crippen LogP contribution in [0.2, 0.25) is 0 Å². The summed E-state index contributed by atoms with van der Waals surface area (Å²) < 4.78 is 10.0. The number of rotatable bonds is 10. The number of aliphatic hydroxyl groups is 1. The van der Waals surface area contributed by atoms with Crippen molar-refractivity contribution in [3.63, 3.8) is 0 Å². The fourth-order valence-electron chi connectivity index (χ4n) is 1.71. The fraction of sp³-hybridized carbons (Fsp3) is 0.438. The van der Waals surface area contributed by atoms with Gasteiger partial charge in [-0.2, -0.15) is 0 Å². The van der Waals surface area contributed by atoms with Crippen LogP contribution in [0.3, 0.4) is 0 Å². The molecule has 0 heterocycles. The minimum atomic E-state index is -0.864. The molecule has 0 fully saturated rings. The van der Waals surface area contributed by atoms with Gasteiger partial charge in [-0.05, 0) is 24.1 Å². The van der Waals surface area contributed by atoms with Gasteiger partial charge in [0.05, 0.1) is 6.61 Å². The predicted octanol–water partition coefficient (Wildman–Crippen LogP) is 0.0765. The third-order valence-electron chi connectivity index (χ3n) is 3.13. The van der Waals surface area contributed by atoms with E-state index in [1.54, 1.807) is 24.3 Å². The number of hydrogen-bond donors (Lipinski definition) is 2. The third kappa shape index (κ3) is 7.59. The molecule has 0 radical (unpaired) electrons. The van der Waals surface area contributed by atoms with E-state index in [1.165, 1.54) is 11.9 Å². The largest absolute Gasteiger partial charge is 0.482 e. The summed E-state index contributed by atoms with van der Waals surface area (Å²) in [6.07, 6.45) is 0.465. The van der Waals surface area contributed by atoms with E-state index in [1.807, 2.05) is 0 Å². The summed E-state index contributed by atoms with van der Waals surface area (Å²) in [5.41, 5.74) is 0.852. The van der Waals surface area contributed by atoms with Crippen molar-refractivity contribution in [2.24, 2.45) is 0 Å². The Balaban J connectivity index is 2.31. The molecular weight excluding hydrogens is 318 g/mol. The van der Waals surface area contributed by atoms with Crippen molar-refractivity contribution in [2.45, 2.75) is 12.8 Å². The zero-order chi connectivity index (χ0) is 17.9. The number of esters is 1. The van der Waals surface area contributed by atoms with Gasteiger partial charge >= 0.3 is 11.9 Å². The first-order chi connectivity index (χ1) is 11.4. The minimum Gasteiger partial charge on any atom is -0.482 e. The molecule has 24 heavy (non-hydrogen) atoms. The van der Waals surface area contributed by atoms with Gasteiger partial charge in [0.2, 0.25) is 0 Å². The van der Waals surface area contributed by atoms with E-state index in [0.717, 1.165) is 5.56 Å². The number of benzene rings is 1. The Bertz CT molecular complexity index is 556. The van der Waals surface area contributed by atoms with Gasteiger partial charge in [0.25, 0.3) is 5.91 Å². The van der Waals surface area contributed by atoms with Crippen molar-refractivity contribution in [2.75, 3.05) is 33.4 Å². The predicted molar refractivity (Wildman–Crippen MR) is 83.6 cm³/mol. The van der Waals surface area contributed by atoms with Gasteiger partial charge in [-0.15, -0.1) is 0 Å². The van der Waals surface area contributed by atoms with E-state index >= 15 is 0 Å². The van der Waals surface area contributed by atoms with Crippen LogP contribution in [0.15, 0.2) is 24.3 Å². The molecule has 0 aliphatic carbocycles. The lowest BCUT2D eigenvalue weighted by Gasteiger charge is -2.15. The number of carboxylic acid groups (broad SMARTS) is 1. The van der Waals surface area contributed by atoms with Crippen molar-refractivity contribution in [3.8, 4) is 5.75 Å². The number of amides is 1. The van der Waals surface area contributed by atoms with Crippen molar-refractivity contribution < 1.29 is 34.1 Å². The normalized spacial score (nSPS) is 10.1. The Hall–Kier alpha value is -2.61. The maximum atomic E-state index is 11.5. The highest BCUT2D eigenvalue weighted by atomic mass is 16.6. The van der Waals surface area contributed by atoms with Gasteiger partial charge in [0.15, 0.2) is 13.2 Å². The molecule has 0 aromatic heterocycles. The fourth-order valence-corrected chi connectivity index (χ4v) is 1.71. The summed E-state index contributed by atoms with van der Waals surface area (Å²) in [5, 5.41) is 17.3. The van der Waals surface area contributed by atoms with Crippen molar-refractivity contribution in [3.05, 3.63) is 29.8 Å². The number of carbonyl (C=O) groups excluding carboxylic acids is 2. The number of aliphatic carboxylic acids is 1. The van der Waals surface area contributed by atoms with Gasteiger partial charge in [-0.1, -0.05) is 12.1 Å². The molecule has 0 aliphatic rings. The van der Waals surface area contributed by atoms with Crippen LogP contribution in [0, 0.1) is 0 Å². The zero-order valence-electron chi connectivity index (χ0n) is 13.4. The van der Waals surface area contributed by atoms with Crippen LogP contribution < -0.4 is 4.74 Å². The molecule has 0 saturated heterocycles. The second-order valence-corrected chi connectivity index (χ2v) is 5.03. The molecular formula is C16H21NO7. The summed E-state index contributed by atoms with van der Waals surface area (Å²) >= 11 is 0. The van der Waals surface area contributed by atoms with Gasteiger partial charge < -0.3 is 24.6 Å². The summed E-state index contributed by atoms with van der Waals surface area (Å²) in [6.45, 7) is -0.749. The van der Waals surface area contributed by atoms with Crippen LogP contribution in [0.4, 0.5) is 0 Å². The number of likely N-dealkylation sites (N-methyl/N-ethyl adjacent to an activating group) is 1. The first kappa shape index (κ1) is 19.4. The monoisotopic (exact) mass is 339 g/mol. The minimum absolute atomic E-state index is 0.0469. The van der Waals surface area contributed by atoms with Crippen LogP contribution >= 0.6 is 0 Å². The van der Waals surface area contributed by atoms with E-state index in [-0.39, 0.29) is 26.2 Å². The molecule has 8 nitrogen and oxygen atoms in total. The number of hydrogen-bond acceptors (Lipinski definition) is 6. The summed E-state index contributed by atoms with van der Waals surface area (Å²) in [5.74, 6) is -1.53. The molecule has 0 atom stereocenters. The van der Waals surface area contributed by atoms with E-state index in [4.69, 9.17) is 19.7 Å². The molecule has 0 spiro atoms. The number of aliphatic hydroxyl groups excluding tert-OH is 1. The highest BCUT2D eigenvalue weighted by Crippen LogP contribution is 2.13. The van der Waals surface area contributed by atoms with Crippen LogP contribution in [0.1, 0.15) is 12.0 Å². The Kier molecular flexibility index (Phi) is 8.28. The Labute approximate surface area is 139 Å². The lowest BCUT2D eigenvalue weighted by Crippen LogP contribution is -2.33. The Morgan fingerprint density at radius 3 is 2.38 bits per heavy atom. The summed E-state index contributed by atoms with van der Waals surface area (Å²) in [4.78, 5) is 34.8. The molecule has 1 aromatic carbocycles. The zero-order valence-corrected chi connectivity index (χ0v) is 13.4. The molecule has 8 heteroatoms. The molecule has 2 N–H and O–H groups in total. The van der Waals surface area contributed by atoms with Crippen LogP contribution in [0.5, 0.6) is 5.75 Å². The third-order valence-corrected chi connectivity index (χ3v) is 3.13. The van der Waals surface area contributed by atoms with Gasteiger partial charge in [-0.3, -0.25) is 9.59 Å². The highest BCUT2D eigenvalue weighted by molar-refractivity contribution is 5.80. The number of ether oxygens (including phenoxy) is 2. The molecule has 1 rings (SSSR count). The van der Waals surface area contributed by atoms with Crippen LogP contribution in [-0.4, -0.2) is 66.4 Å². The van der Waals surface area contributed by atoms with Crippen molar-refractivity contribution >= 4 is 17.8 Å². The van der Waals surface area contributed by atoms with Crippen molar-refractivity contribution in [1.29, 1.82) is 0 Å². The van der Waals surface area contributed by atoms with E-state index in [0.29, 0.717) is 12.2 Å². The van der Waals surface area contributed by atoms with E-state index < -0.39 is 24.5 Å². The van der Waals surface area contributed by atoms with Crippen LogP contribution in [0.25, 0.3) is 0 Å². The Morgan fingerprint density at radius 1 is 1.12 bits per heavy atom. The molecule has 0 saturated carbocycles. The lowest BCUT2D eigenvalue weighted by molar-refractivity contribution is -0.153. The quantitative estimate of drug-likeness (QED) is 0.580. The van der Waals surface area contributed by atoms with Crippen LogP contribution in [-0.2, 0) is 25.5 Å². The summed E-state index contributed by atoms with van der Waals surface area (Å²) in [6, 6.07) is 6.70. The average Bonchev–Trinajstić information content (AvgIpc) is 2.57. The first-order valence-corrected chi connectivity index (χ1v) is 7.36. The second-order valence-electron chi connectivity index (χ2n) is 5.03. The highest BCUT2D eigenvalue weighted by Gasteiger charge is 2.12. The number of carbonyl (C=O) groups is 3. The smallest absolute Gasteiger partial charge is 0.344 e. The standard InChI is InChI=1S/C16H21NO7/c1-17(8-9-18)14(19)10-24-16(22)11-23-13-5-2-12(3-6-13)4-7-15(20)21/h2-3,5-6,18H,4,7-11H2,1H3,(H,20,21).